The molecule has 4 fully saturated rings. The van der Waals surface area contributed by atoms with E-state index in [4.69, 9.17) is 9.47 Å². The summed E-state index contributed by atoms with van der Waals surface area (Å²) in [5.41, 5.74) is 3.18. The summed E-state index contributed by atoms with van der Waals surface area (Å²) in [4.78, 5) is 35.8. The van der Waals surface area contributed by atoms with Gasteiger partial charge in [-0.15, -0.1) is 0 Å². The van der Waals surface area contributed by atoms with Crippen LogP contribution in [0.2, 0.25) is 0 Å². The molecule has 4 rings (SSSR count). The zero-order valence-corrected chi connectivity index (χ0v) is 34.0. The lowest BCUT2D eigenvalue weighted by atomic mass is 9.87. The number of carbonyl (C=O) groups is 2. The molecule has 0 aliphatic carbocycles. The molecule has 50 heavy (non-hydrogen) atoms. The molecule has 4 aliphatic heterocycles. The maximum absolute atomic E-state index is 12.2. The molecule has 0 radical (unpaired) electrons. The second-order valence-electron chi connectivity index (χ2n) is 15.4. The Morgan fingerprint density at radius 2 is 1.02 bits per heavy atom. The molecule has 0 bridgehead atoms. The van der Waals surface area contributed by atoms with Crippen molar-refractivity contribution in [2.45, 2.75) is 93.5 Å². The minimum atomic E-state index is 0.159. The Morgan fingerprint density at radius 3 is 1.44 bits per heavy atom. The van der Waals surface area contributed by atoms with Gasteiger partial charge in [-0.05, 0) is 76.7 Å². The zero-order chi connectivity index (χ0) is 36.9. The van der Waals surface area contributed by atoms with Crippen LogP contribution in [-0.4, -0.2) is 172 Å². The third kappa shape index (κ3) is 17.0. The number of piperazine rings is 2. The Morgan fingerprint density at radius 1 is 0.600 bits per heavy atom. The molecule has 4 heterocycles. The van der Waals surface area contributed by atoms with E-state index in [1.807, 2.05) is 30.7 Å². The number of likely N-dealkylation sites (tertiary alicyclic amines) is 2. The lowest BCUT2D eigenvalue weighted by Gasteiger charge is -2.36. The zero-order valence-electron chi connectivity index (χ0n) is 34.0. The number of nitrogens with zero attached hydrogens (tertiary/aromatic N) is 6. The molecule has 0 saturated carbocycles. The molecular formula is C39H79N7O4. The summed E-state index contributed by atoms with van der Waals surface area (Å²) in [7, 11) is 1.97. The number of hydrogen-bond acceptors (Lipinski definition) is 9. The van der Waals surface area contributed by atoms with Crippen molar-refractivity contribution < 1.29 is 19.1 Å². The maximum Gasteiger partial charge on any atom is 0.248 e. The highest BCUT2D eigenvalue weighted by molar-refractivity contribution is 5.77. The van der Waals surface area contributed by atoms with E-state index >= 15 is 0 Å². The number of hydrazine groups is 1. The van der Waals surface area contributed by atoms with Crippen LogP contribution in [0.3, 0.4) is 0 Å². The van der Waals surface area contributed by atoms with Crippen molar-refractivity contribution in [3.05, 3.63) is 0 Å². The minimum absolute atomic E-state index is 0.159. The first kappa shape index (κ1) is 44.8. The van der Waals surface area contributed by atoms with Gasteiger partial charge in [0.05, 0.1) is 6.61 Å². The number of amides is 2. The van der Waals surface area contributed by atoms with Gasteiger partial charge in [0.25, 0.3) is 0 Å². The molecule has 0 aromatic carbocycles. The van der Waals surface area contributed by atoms with E-state index in [0.717, 1.165) is 134 Å². The molecule has 0 atom stereocenters. The lowest BCUT2D eigenvalue weighted by molar-refractivity contribution is -0.138. The fourth-order valence-electron chi connectivity index (χ4n) is 7.41. The quantitative estimate of drug-likeness (QED) is 0.254. The Balaban J connectivity index is 0.000000331. The number of ether oxygens (including phenoxy) is 2. The van der Waals surface area contributed by atoms with Gasteiger partial charge >= 0.3 is 0 Å². The third-order valence-electron chi connectivity index (χ3n) is 11.3. The van der Waals surface area contributed by atoms with Crippen LogP contribution in [0.5, 0.6) is 0 Å². The van der Waals surface area contributed by atoms with Crippen LogP contribution in [0, 0.1) is 23.7 Å². The highest BCUT2D eigenvalue weighted by Crippen LogP contribution is 2.25. The van der Waals surface area contributed by atoms with E-state index in [2.05, 4.69) is 66.7 Å². The van der Waals surface area contributed by atoms with Gasteiger partial charge in [-0.2, -0.15) is 0 Å². The summed E-state index contributed by atoms with van der Waals surface area (Å²) in [6.07, 6.45) is 5.58. The van der Waals surface area contributed by atoms with Gasteiger partial charge in [0.1, 0.15) is 13.2 Å². The molecule has 0 aromatic rings. The molecule has 0 unspecified atom stereocenters. The lowest BCUT2D eigenvalue weighted by Crippen LogP contribution is -2.51. The van der Waals surface area contributed by atoms with Crippen molar-refractivity contribution in [3.63, 3.8) is 0 Å². The number of rotatable bonds is 15. The molecule has 0 aromatic heterocycles. The first-order chi connectivity index (χ1) is 24.1. The van der Waals surface area contributed by atoms with Crippen molar-refractivity contribution in [3.8, 4) is 0 Å². The van der Waals surface area contributed by atoms with Crippen LogP contribution >= 0.6 is 0 Å². The van der Waals surface area contributed by atoms with Crippen molar-refractivity contribution in [1.82, 2.24) is 34.9 Å². The second kappa shape index (κ2) is 25.6. The van der Waals surface area contributed by atoms with Gasteiger partial charge in [0.15, 0.2) is 0 Å². The predicted octanol–water partition coefficient (Wildman–Crippen LogP) is 3.99. The van der Waals surface area contributed by atoms with Crippen molar-refractivity contribution in [2.24, 2.45) is 23.7 Å². The normalized spacial score (nSPS) is 21.0. The van der Waals surface area contributed by atoms with E-state index in [9.17, 15) is 9.59 Å². The first-order valence-electron chi connectivity index (χ1n) is 20.4. The average Bonchev–Trinajstić information content (AvgIpc) is 3.14. The first-order valence-corrected chi connectivity index (χ1v) is 20.4. The summed E-state index contributed by atoms with van der Waals surface area (Å²) in [6.45, 7) is 34.0. The van der Waals surface area contributed by atoms with E-state index in [1.165, 1.54) is 13.1 Å². The van der Waals surface area contributed by atoms with E-state index < -0.39 is 0 Å². The monoisotopic (exact) mass is 710 g/mol. The van der Waals surface area contributed by atoms with Gasteiger partial charge < -0.3 is 24.2 Å². The predicted molar refractivity (Wildman–Crippen MR) is 206 cm³/mol. The Kier molecular flexibility index (Phi) is 23.0. The summed E-state index contributed by atoms with van der Waals surface area (Å²) in [5.74, 6) is 3.35. The maximum atomic E-state index is 12.2. The van der Waals surface area contributed by atoms with Gasteiger partial charge in [0, 0.05) is 104 Å². The summed E-state index contributed by atoms with van der Waals surface area (Å²) in [5, 5.41) is 2.22. The number of nitrogens with one attached hydrogen (secondary N) is 1. The van der Waals surface area contributed by atoms with Crippen LogP contribution in [0.25, 0.3) is 0 Å². The summed E-state index contributed by atoms with van der Waals surface area (Å²) in [6, 6.07) is 0.655. The van der Waals surface area contributed by atoms with Gasteiger partial charge in [-0.25, -0.2) is 5.01 Å². The molecule has 4 saturated heterocycles. The molecule has 11 nitrogen and oxygen atoms in total. The van der Waals surface area contributed by atoms with Crippen molar-refractivity contribution in [1.29, 1.82) is 0 Å². The molecule has 1 N–H and O–H groups in total. The molecule has 0 spiro atoms. The van der Waals surface area contributed by atoms with Crippen LogP contribution < -0.4 is 5.43 Å². The van der Waals surface area contributed by atoms with E-state index in [1.54, 1.807) is 0 Å². The summed E-state index contributed by atoms with van der Waals surface area (Å²) >= 11 is 0. The van der Waals surface area contributed by atoms with E-state index in [0.29, 0.717) is 19.3 Å². The Bertz CT molecular complexity index is 876. The SMILES string of the molecule is CC.CC(C)C1CCN(C(=O)COCCCN2CCN(C(C)C)CC2)CC1.CNN1CCN(CCOCC(=O)N2CCC(C(C)C)CC2)CC1. The average molecular weight is 710 g/mol. The minimum Gasteiger partial charge on any atom is -0.372 e. The highest BCUT2D eigenvalue weighted by Gasteiger charge is 2.26. The van der Waals surface area contributed by atoms with Crippen molar-refractivity contribution >= 4 is 11.8 Å². The molecule has 11 heteroatoms. The standard InChI is InChI=1S/C20H39N3O2.C17H34N4O2.C2H6/c1-17(2)19-6-9-23(10-7-19)20(24)16-25-15-5-8-21-11-13-22(14-12-21)18(3)4;1-15(2)16-4-6-20(7-5-16)17(22)14-23-13-12-19-8-10-21(18-3)11-9-19;1-2/h17-19H,5-16H2,1-4H3;15-16,18H,4-14H2,1-3H3;1-2H3. The topological polar surface area (TPSA) is 84.1 Å². The number of hydrogen-bond donors (Lipinski definition) is 1. The van der Waals surface area contributed by atoms with Crippen LogP contribution in [-0.2, 0) is 19.1 Å². The molecule has 2 amide bonds. The Labute approximate surface area is 307 Å². The fourth-order valence-corrected chi connectivity index (χ4v) is 7.41. The molecular weight excluding hydrogens is 630 g/mol. The second-order valence-corrected chi connectivity index (χ2v) is 15.4. The van der Waals surface area contributed by atoms with Crippen LogP contribution in [0.1, 0.15) is 87.5 Å². The third-order valence-corrected chi connectivity index (χ3v) is 11.3. The molecule has 294 valence electrons. The highest BCUT2D eigenvalue weighted by atomic mass is 16.5. The Hall–Kier alpha value is -1.34. The van der Waals surface area contributed by atoms with E-state index in [-0.39, 0.29) is 25.0 Å². The summed E-state index contributed by atoms with van der Waals surface area (Å²) < 4.78 is 11.3. The number of piperidine rings is 2. The van der Waals surface area contributed by atoms with Crippen LogP contribution in [0.4, 0.5) is 0 Å². The van der Waals surface area contributed by atoms with Crippen LogP contribution in [0.15, 0.2) is 0 Å². The van der Waals surface area contributed by atoms with Gasteiger partial charge in [-0.1, -0.05) is 41.5 Å². The largest absolute Gasteiger partial charge is 0.372 e. The van der Waals surface area contributed by atoms with Gasteiger partial charge in [-0.3, -0.25) is 24.8 Å². The van der Waals surface area contributed by atoms with Gasteiger partial charge in [0.2, 0.25) is 11.8 Å². The fraction of sp³-hybridized carbons (Fsp3) is 0.949. The molecule has 4 aliphatic rings. The smallest absolute Gasteiger partial charge is 0.248 e. The van der Waals surface area contributed by atoms with Crippen molar-refractivity contribution in [2.75, 3.05) is 125 Å². The number of carbonyl (C=O) groups excluding carboxylic acids is 2.